The molecule has 2 aliphatic heterocycles. The van der Waals surface area contributed by atoms with Gasteiger partial charge in [0.1, 0.15) is 0 Å². The number of carbonyl (C=O) groups is 2. The minimum atomic E-state index is 0.112. The Bertz CT molecular complexity index is 1000. The zero-order valence-electron chi connectivity index (χ0n) is 16.2. The summed E-state index contributed by atoms with van der Waals surface area (Å²) in [6.07, 6.45) is 0. The van der Waals surface area contributed by atoms with Crippen LogP contribution in [-0.4, -0.2) is 71.8 Å². The summed E-state index contributed by atoms with van der Waals surface area (Å²) in [6.45, 7) is 4.78. The number of thiophene rings is 1. The van der Waals surface area contributed by atoms with Crippen LogP contribution < -0.4 is 0 Å². The van der Waals surface area contributed by atoms with E-state index in [0.717, 1.165) is 59.8 Å². The Balaban J connectivity index is 1.14. The van der Waals surface area contributed by atoms with E-state index < -0.39 is 0 Å². The standard InChI is InChI=1S/C23H23N3O2S/c27-22(17-6-2-1-3-7-17)25-12-10-24(11-13-25)19-15-26(16-19)23(28)21-14-18-8-4-5-9-20(18)29-21/h1-9,14,19H,10-13,15-16H2. The van der Waals surface area contributed by atoms with E-state index in [0.29, 0.717) is 6.04 Å². The zero-order valence-corrected chi connectivity index (χ0v) is 17.0. The molecule has 5 nitrogen and oxygen atoms in total. The third-order valence-corrected chi connectivity index (χ3v) is 7.03. The van der Waals surface area contributed by atoms with Gasteiger partial charge in [-0.3, -0.25) is 14.5 Å². The van der Waals surface area contributed by atoms with Crippen molar-refractivity contribution in [3.8, 4) is 0 Å². The van der Waals surface area contributed by atoms with Crippen LogP contribution in [0.2, 0.25) is 0 Å². The predicted molar refractivity (Wildman–Crippen MR) is 115 cm³/mol. The zero-order chi connectivity index (χ0) is 19.8. The van der Waals surface area contributed by atoms with Crippen LogP contribution in [0.3, 0.4) is 0 Å². The first-order chi connectivity index (χ1) is 14.2. The normalized spacial score (nSPS) is 18.1. The van der Waals surface area contributed by atoms with E-state index in [9.17, 15) is 9.59 Å². The molecule has 29 heavy (non-hydrogen) atoms. The van der Waals surface area contributed by atoms with Crippen LogP contribution >= 0.6 is 11.3 Å². The molecule has 3 heterocycles. The molecule has 0 atom stereocenters. The van der Waals surface area contributed by atoms with Crippen molar-refractivity contribution < 1.29 is 9.59 Å². The lowest BCUT2D eigenvalue weighted by atomic mass is 10.1. The van der Waals surface area contributed by atoms with Gasteiger partial charge in [-0.1, -0.05) is 36.4 Å². The third kappa shape index (κ3) is 3.54. The molecule has 0 bridgehead atoms. The van der Waals surface area contributed by atoms with Gasteiger partial charge in [-0.25, -0.2) is 0 Å². The molecule has 2 aromatic carbocycles. The first-order valence-electron chi connectivity index (χ1n) is 10.1. The Kier molecular flexibility index (Phi) is 4.81. The lowest BCUT2D eigenvalue weighted by Gasteiger charge is -2.48. The fourth-order valence-electron chi connectivity index (χ4n) is 4.15. The molecule has 0 saturated carbocycles. The molecule has 0 radical (unpaired) electrons. The van der Waals surface area contributed by atoms with Gasteiger partial charge in [0.25, 0.3) is 11.8 Å². The van der Waals surface area contributed by atoms with E-state index in [1.165, 1.54) is 0 Å². The summed E-state index contributed by atoms with van der Waals surface area (Å²) < 4.78 is 1.16. The highest BCUT2D eigenvalue weighted by Gasteiger charge is 2.37. The summed E-state index contributed by atoms with van der Waals surface area (Å²) in [6, 6.07) is 20.0. The van der Waals surface area contributed by atoms with Gasteiger partial charge in [0.2, 0.25) is 0 Å². The summed E-state index contributed by atoms with van der Waals surface area (Å²) in [5.41, 5.74) is 0.754. The average Bonchev–Trinajstić information content (AvgIpc) is 3.18. The second-order valence-electron chi connectivity index (χ2n) is 7.71. The Morgan fingerprint density at radius 3 is 2.21 bits per heavy atom. The maximum atomic E-state index is 12.8. The number of amides is 2. The number of fused-ring (bicyclic) bond motifs is 1. The summed E-state index contributed by atoms with van der Waals surface area (Å²) >= 11 is 1.57. The van der Waals surface area contributed by atoms with Gasteiger partial charge in [0.05, 0.1) is 4.88 Å². The Hall–Kier alpha value is -2.70. The van der Waals surface area contributed by atoms with E-state index >= 15 is 0 Å². The highest BCUT2D eigenvalue weighted by molar-refractivity contribution is 7.20. The van der Waals surface area contributed by atoms with E-state index in [2.05, 4.69) is 17.0 Å². The molecule has 2 saturated heterocycles. The van der Waals surface area contributed by atoms with Crippen LogP contribution in [0, 0.1) is 0 Å². The largest absolute Gasteiger partial charge is 0.336 e. The van der Waals surface area contributed by atoms with Crippen molar-refractivity contribution in [2.75, 3.05) is 39.3 Å². The smallest absolute Gasteiger partial charge is 0.264 e. The van der Waals surface area contributed by atoms with Crippen molar-refractivity contribution >= 4 is 33.2 Å². The first kappa shape index (κ1) is 18.3. The minimum Gasteiger partial charge on any atom is -0.336 e. The van der Waals surface area contributed by atoms with Gasteiger partial charge in [-0.15, -0.1) is 11.3 Å². The van der Waals surface area contributed by atoms with Crippen LogP contribution in [0.1, 0.15) is 20.0 Å². The highest BCUT2D eigenvalue weighted by Crippen LogP contribution is 2.28. The molecule has 6 heteroatoms. The summed E-state index contributed by atoms with van der Waals surface area (Å²) in [7, 11) is 0. The van der Waals surface area contributed by atoms with E-state index in [-0.39, 0.29) is 11.8 Å². The monoisotopic (exact) mass is 405 g/mol. The van der Waals surface area contributed by atoms with Gasteiger partial charge in [-0.2, -0.15) is 0 Å². The molecule has 5 rings (SSSR count). The van der Waals surface area contributed by atoms with Crippen LogP contribution in [0.5, 0.6) is 0 Å². The van der Waals surface area contributed by atoms with Gasteiger partial charge in [0, 0.05) is 55.6 Å². The third-order valence-electron chi connectivity index (χ3n) is 5.92. The summed E-state index contributed by atoms with van der Waals surface area (Å²) in [5.74, 6) is 0.251. The molecule has 2 fully saturated rings. The second kappa shape index (κ2) is 7.61. The van der Waals surface area contributed by atoms with Crippen molar-refractivity contribution in [3.05, 3.63) is 71.1 Å². The van der Waals surface area contributed by atoms with Crippen molar-refractivity contribution in [1.82, 2.24) is 14.7 Å². The van der Waals surface area contributed by atoms with Crippen molar-refractivity contribution in [1.29, 1.82) is 0 Å². The second-order valence-corrected chi connectivity index (χ2v) is 8.79. The number of nitrogens with zero attached hydrogens (tertiary/aromatic N) is 3. The molecule has 2 amide bonds. The maximum Gasteiger partial charge on any atom is 0.264 e. The van der Waals surface area contributed by atoms with Gasteiger partial charge in [-0.05, 0) is 29.7 Å². The highest BCUT2D eigenvalue weighted by atomic mass is 32.1. The fraction of sp³-hybridized carbons (Fsp3) is 0.304. The molecule has 1 aromatic heterocycles. The summed E-state index contributed by atoms with van der Waals surface area (Å²) in [4.78, 5) is 32.5. The van der Waals surface area contributed by atoms with Crippen molar-refractivity contribution in [3.63, 3.8) is 0 Å². The number of hydrogen-bond acceptors (Lipinski definition) is 4. The molecular weight excluding hydrogens is 382 g/mol. The van der Waals surface area contributed by atoms with Crippen molar-refractivity contribution in [2.45, 2.75) is 6.04 Å². The van der Waals surface area contributed by atoms with Gasteiger partial charge < -0.3 is 9.80 Å². The minimum absolute atomic E-state index is 0.112. The molecule has 3 aromatic rings. The molecule has 148 valence electrons. The van der Waals surface area contributed by atoms with Gasteiger partial charge in [0.15, 0.2) is 0 Å². The van der Waals surface area contributed by atoms with Crippen LogP contribution in [-0.2, 0) is 0 Å². The summed E-state index contributed by atoms with van der Waals surface area (Å²) in [5, 5.41) is 1.14. The molecular formula is C23H23N3O2S. The number of piperazine rings is 1. The molecule has 2 aliphatic rings. The van der Waals surface area contributed by atoms with Crippen LogP contribution in [0.15, 0.2) is 60.7 Å². The Morgan fingerprint density at radius 1 is 0.793 bits per heavy atom. The lowest BCUT2D eigenvalue weighted by molar-refractivity contribution is 0.00880. The fourth-order valence-corrected chi connectivity index (χ4v) is 5.18. The molecule has 0 spiro atoms. The average molecular weight is 406 g/mol. The van der Waals surface area contributed by atoms with E-state index in [1.54, 1.807) is 11.3 Å². The predicted octanol–water partition coefficient (Wildman–Crippen LogP) is 3.18. The number of rotatable bonds is 3. The molecule has 0 aliphatic carbocycles. The number of likely N-dealkylation sites (tertiary alicyclic amines) is 1. The van der Waals surface area contributed by atoms with E-state index in [4.69, 9.17) is 0 Å². The maximum absolute atomic E-state index is 12.8. The van der Waals surface area contributed by atoms with Crippen molar-refractivity contribution in [2.24, 2.45) is 0 Å². The SMILES string of the molecule is O=C(c1ccccc1)N1CCN(C2CN(C(=O)c3cc4ccccc4s3)C2)CC1. The number of benzene rings is 2. The Morgan fingerprint density at radius 2 is 1.48 bits per heavy atom. The van der Waals surface area contributed by atoms with Crippen LogP contribution in [0.4, 0.5) is 0 Å². The number of carbonyl (C=O) groups excluding carboxylic acids is 2. The number of hydrogen-bond donors (Lipinski definition) is 0. The topological polar surface area (TPSA) is 43.9 Å². The lowest BCUT2D eigenvalue weighted by Crippen LogP contribution is -2.64. The first-order valence-corrected chi connectivity index (χ1v) is 10.9. The molecule has 0 unspecified atom stereocenters. The molecule has 0 N–H and O–H groups in total. The van der Waals surface area contributed by atoms with Gasteiger partial charge >= 0.3 is 0 Å². The Labute approximate surface area is 174 Å². The van der Waals surface area contributed by atoms with E-state index in [1.807, 2.05) is 58.3 Å². The quantitative estimate of drug-likeness (QED) is 0.672. The van der Waals surface area contributed by atoms with Crippen LogP contribution in [0.25, 0.3) is 10.1 Å².